The topological polar surface area (TPSA) is 133 Å². The molecule has 1 saturated heterocycles. The summed E-state index contributed by atoms with van der Waals surface area (Å²) in [6.45, 7) is 4.28. The normalized spacial score (nSPS) is 24.6. The van der Waals surface area contributed by atoms with Gasteiger partial charge < -0.3 is 33.2 Å². The summed E-state index contributed by atoms with van der Waals surface area (Å²) in [7, 11) is 1.44. The van der Waals surface area contributed by atoms with Crippen LogP contribution in [0.2, 0.25) is 0 Å². The summed E-state index contributed by atoms with van der Waals surface area (Å²) >= 11 is 0. The van der Waals surface area contributed by atoms with E-state index in [1.807, 2.05) is 0 Å². The van der Waals surface area contributed by atoms with Crippen molar-refractivity contribution < 1.29 is 52.3 Å². The van der Waals surface area contributed by atoms with Crippen molar-refractivity contribution in [3.63, 3.8) is 0 Å². The lowest BCUT2D eigenvalue weighted by molar-refractivity contribution is -0.288. The first-order valence-corrected chi connectivity index (χ1v) is 9.72. The largest absolute Gasteiger partial charge is 0.493 e. The molecule has 1 aromatic rings. The molecule has 0 aliphatic carbocycles. The Bertz CT molecular complexity index is 837. The van der Waals surface area contributed by atoms with Gasteiger partial charge in [0.25, 0.3) is 0 Å². The van der Waals surface area contributed by atoms with Crippen molar-refractivity contribution >= 4 is 23.9 Å². The second-order valence-electron chi connectivity index (χ2n) is 6.84. The zero-order valence-electron chi connectivity index (χ0n) is 18.4. The van der Waals surface area contributed by atoms with Gasteiger partial charge in [-0.3, -0.25) is 19.2 Å². The first-order valence-electron chi connectivity index (χ1n) is 9.72. The molecule has 0 bridgehead atoms. The molecule has 0 spiro atoms. The van der Waals surface area contributed by atoms with Gasteiger partial charge >= 0.3 is 23.9 Å². The van der Waals surface area contributed by atoms with Crippen LogP contribution >= 0.6 is 0 Å². The van der Waals surface area contributed by atoms with Gasteiger partial charge in [0, 0.05) is 27.7 Å². The fourth-order valence-corrected chi connectivity index (χ4v) is 3.12. The van der Waals surface area contributed by atoms with Crippen molar-refractivity contribution in [2.24, 2.45) is 0 Å². The van der Waals surface area contributed by atoms with Crippen LogP contribution in [0.3, 0.4) is 0 Å². The Labute approximate surface area is 184 Å². The lowest BCUT2D eigenvalue weighted by atomic mass is 9.98. The van der Waals surface area contributed by atoms with Crippen molar-refractivity contribution in [1.29, 1.82) is 0 Å². The van der Waals surface area contributed by atoms with Gasteiger partial charge in [-0.15, -0.1) is 0 Å². The summed E-state index contributed by atoms with van der Waals surface area (Å²) in [5.74, 6) is -2.16. The van der Waals surface area contributed by atoms with E-state index >= 15 is 0 Å². The smallest absolute Gasteiger partial charge is 0.303 e. The highest BCUT2D eigenvalue weighted by Gasteiger charge is 2.53. The fraction of sp³-hybridized carbons (Fsp3) is 0.524. The molecule has 1 aromatic carbocycles. The number of carbonyl (C=O) groups excluding carboxylic acids is 4. The number of hydrogen-bond donors (Lipinski definition) is 0. The Morgan fingerprint density at radius 2 is 1.31 bits per heavy atom. The van der Waals surface area contributed by atoms with E-state index in [1.165, 1.54) is 14.0 Å². The molecule has 11 nitrogen and oxygen atoms in total. The minimum absolute atomic E-state index is 0.246. The first kappa shape index (κ1) is 24.9. The lowest BCUT2D eigenvalue weighted by Crippen LogP contribution is -2.63. The summed E-state index contributed by atoms with van der Waals surface area (Å²) < 4.78 is 38.1. The Balaban J connectivity index is 2.48. The predicted octanol–water partition coefficient (Wildman–Crippen LogP) is 1.16. The number of benzene rings is 1. The molecule has 0 aromatic heterocycles. The molecule has 11 heteroatoms. The van der Waals surface area contributed by atoms with Gasteiger partial charge in [-0.25, -0.2) is 0 Å². The van der Waals surface area contributed by atoms with Crippen LogP contribution in [0.1, 0.15) is 27.7 Å². The van der Waals surface area contributed by atoms with Gasteiger partial charge in [0.15, 0.2) is 23.7 Å². The maximum Gasteiger partial charge on any atom is 0.303 e. The lowest BCUT2D eigenvalue weighted by Gasteiger charge is -2.43. The third-order valence-electron chi connectivity index (χ3n) is 4.26. The van der Waals surface area contributed by atoms with E-state index in [4.69, 9.17) is 33.2 Å². The summed E-state index contributed by atoms with van der Waals surface area (Å²) in [4.78, 5) is 46.7. The average molecular weight is 454 g/mol. The fourth-order valence-electron chi connectivity index (χ4n) is 3.12. The van der Waals surface area contributed by atoms with Crippen molar-refractivity contribution in [2.75, 3.05) is 13.7 Å². The molecule has 0 amide bonds. The summed E-state index contributed by atoms with van der Waals surface area (Å²) in [6.07, 6.45) is -6.31. The summed E-state index contributed by atoms with van der Waals surface area (Å²) in [6, 6.07) is 6.63. The first-order chi connectivity index (χ1) is 15.1. The van der Waals surface area contributed by atoms with Gasteiger partial charge in [-0.05, 0) is 12.1 Å². The maximum atomic E-state index is 11.8. The molecular formula is C21H26O11. The molecule has 2 rings (SSSR count). The van der Waals surface area contributed by atoms with Gasteiger partial charge in [-0.2, -0.15) is 0 Å². The number of hydrogen-bond acceptors (Lipinski definition) is 11. The second kappa shape index (κ2) is 11.3. The number of methoxy groups -OCH3 is 1. The Hall–Kier alpha value is -3.34. The molecule has 0 radical (unpaired) electrons. The van der Waals surface area contributed by atoms with Crippen LogP contribution in [0.5, 0.6) is 11.5 Å². The minimum Gasteiger partial charge on any atom is -0.493 e. The molecule has 0 saturated carbocycles. The van der Waals surface area contributed by atoms with Crippen molar-refractivity contribution in [1.82, 2.24) is 0 Å². The number of esters is 4. The molecule has 0 N–H and O–H groups in total. The van der Waals surface area contributed by atoms with Gasteiger partial charge in [0.05, 0.1) is 7.11 Å². The van der Waals surface area contributed by atoms with Crippen LogP contribution in [0.15, 0.2) is 24.3 Å². The quantitative estimate of drug-likeness (QED) is 0.414. The SMILES string of the molecule is COc1ccccc1OC1OC(COC(C)=O)C(OC(C)=O)C(OC(C)=O)C1OC(C)=O. The van der Waals surface area contributed by atoms with Gasteiger partial charge in [-0.1, -0.05) is 12.1 Å². The van der Waals surface area contributed by atoms with E-state index in [-0.39, 0.29) is 12.4 Å². The van der Waals surface area contributed by atoms with Crippen LogP contribution in [0, 0.1) is 0 Å². The highest BCUT2D eigenvalue weighted by molar-refractivity contribution is 5.68. The summed E-state index contributed by atoms with van der Waals surface area (Å²) in [5, 5.41) is 0. The monoisotopic (exact) mass is 454 g/mol. The van der Waals surface area contributed by atoms with Crippen LogP contribution in [-0.4, -0.2) is 68.3 Å². The third kappa shape index (κ3) is 6.84. The number of carbonyl (C=O) groups is 4. The van der Waals surface area contributed by atoms with Gasteiger partial charge in [0.2, 0.25) is 12.4 Å². The Morgan fingerprint density at radius 1 is 0.781 bits per heavy atom. The zero-order valence-corrected chi connectivity index (χ0v) is 18.4. The standard InChI is InChI=1S/C21H26O11/c1-11(22)27-10-17-18(28-12(2)23)19(29-13(3)24)20(30-14(4)25)21(32-17)31-16-9-7-6-8-15(16)26-5/h6-9,17-21H,10H2,1-5H3. The summed E-state index contributed by atoms with van der Waals surface area (Å²) in [5.41, 5.74) is 0. The van der Waals surface area contributed by atoms with Gasteiger partial charge in [0.1, 0.15) is 12.7 Å². The van der Waals surface area contributed by atoms with Crippen molar-refractivity contribution in [2.45, 2.75) is 58.4 Å². The number of para-hydroxylation sites is 2. The van der Waals surface area contributed by atoms with Crippen LogP contribution in [0.25, 0.3) is 0 Å². The number of ether oxygens (including phenoxy) is 7. The van der Waals surface area contributed by atoms with E-state index < -0.39 is 54.6 Å². The second-order valence-corrected chi connectivity index (χ2v) is 6.84. The van der Waals surface area contributed by atoms with Crippen LogP contribution in [0.4, 0.5) is 0 Å². The molecular weight excluding hydrogens is 428 g/mol. The molecule has 1 aliphatic heterocycles. The Kier molecular flexibility index (Phi) is 8.82. The zero-order chi connectivity index (χ0) is 23.8. The predicted molar refractivity (Wildman–Crippen MR) is 106 cm³/mol. The molecule has 176 valence electrons. The maximum absolute atomic E-state index is 11.8. The van der Waals surface area contributed by atoms with Crippen LogP contribution < -0.4 is 9.47 Å². The molecule has 5 unspecified atom stereocenters. The molecule has 1 heterocycles. The van der Waals surface area contributed by atoms with Crippen molar-refractivity contribution in [3.05, 3.63) is 24.3 Å². The Morgan fingerprint density at radius 3 is 1.84 bits per heavy atom. The van der Waals surface area contributed by atoms with Crippen LogP contribution in [-0.2, 0) is 42.9 Å². The molecule has 32 heavy (non-hydrogen) atoms. The molecule has 1 aliphatic rings. The van der Waals surface area contributed by atoms with E-state index in [0.29, 0.717) is 5.75 Å². The molecule has 5 atom stereocenters. The van der Waals surface area contributed by atoms with E-state index in [9.17, 15) is 19.2 Å². The van der Waals surface area contributed by atoms with E-state index in [1.54, 1.807) is 24.3 Å². The van der Waals surface area contributed by atoms with E-state index in [2.05, 4.69) is 0 Å². The van der Waals surface area contributed by atoms with E-state index in [0.717, 1.165) is 20.8 Å². The minimum atomic E-state index is -1.33. The average Bonchev–Trinajstić information content (AvgIpc) is 2.70. The third-order valence-corrected chi connectivity index (χ3v) is 4.26. The highest BCUT2D eigenvalue weighted by atomic mass is 16.7. The molecule has 1 fully saturated rings. The highest BCUT2D eigenvalue weighted by Crippen LogP contribution is 2.34. The van der Waals surface area contributed by atoms with Crippen molar-refractivity contribution in [3.8, 4) is 11.5 Å². The number of rotatable bonds is 8.